The van der Waals surface area contributed by atoms with Gasteiger partial charge in [0, 0.05) is 12.6 Å². The van der Waals surface area contributed by atoms with E-state index in [4.69, 9.17) is 0 Å². The third-order valence-electron chi connectivity index (χ3n) is 3.52. The van der Waals surface area contributed by atoms with Crippen molar-refractivity contribution in [3.05, 3.63) is 83.1 Å². The van der Waals surface area contributed by atoms with Gasteiger partial charge in [0.2, 0.25) is 0 Å². The maximum Gasteiger partial charge on any atom is 0.253 e. The van der Waals surface area contributed by atoms with E-state index in [0.717, 1.165) is 16.7 Å². The van der Waals surface area contributed by atoms with Gasteiger partial charge >= 0.3 is 0 Å². The van der Waals surface area contributed by atoms with E-state index in [1.165, 1.54) is 0 Å². The van der Waals surface area contributed by atoms with E-state index in [0.29, 0.717) is 6.42 Å². The molecular weight excluding hydrogens is 272 g/mol. The highest BCUT2D eigenvalue weighted by molar-refractivity contribution is 6.00. The average molecular weight is 288 g/mol. The van der Waals surface area contributed by atoms with Gasteiger partial charge in [-0.2, -0.15) is 5.10 Å². The first-order chi connectivity index (χ1) is 10.8. The van der Waals surface area contributed by atoms with Crippen LogP contribution in [-0.4, -0.2) is 12.1 Å². The van der Waals surface area contributed by atoms with Crippen molar-refractivity contribution in [1.82, 2.24) is 5.43 Å². The first-order valence-electron chi connectivity index (χ1n) is 7.20. The molecule has 0 radical (unpaired) electrons. The monoisotopic (exact) mass is 288 g/mol. The molecule has 1 heterocycles. The van der Waals surface area contributed by atoms with Crippen molar-refractivity contribution in [2.75, 3.05) is 0 Å². The molecule has 0 aromatic heterocycles. The van der Waals surface area contributed by atoms with Crippen molar-refractivity contribution in [2.24, 2.45) is 11.0 Å². The topological polar surface area (TPSA) is 41.5 Å². The van der Waals surface area contributed by atoms with Gasteiger partial charge in [0.1, 0.15) is 5.92 Å². The Balaban J connectivity index is 1.94. The molecule has 3 rings (SSSR count). The van der Waals surface area contributed by atoms with Crippen molar-refractivity contribution in [2.45, 2.75) is 6.42 Å². The van der Waals surface area contributed by atoms with Crippen molar-refractivity contribution in [1.29, 1.82) is 0 Å². The van der Waals surface area contributed by atoms with Gasteiger partial charge in [0.25, 0.3) is 5.91 Å². The zero-order valence-electron chi connectivity index (χ0n) is 12.1. The summed E-state index contributed by atoms with van der Waals surface area (Å²) in [5, 5.41) is 3.86. The molecule has 0 aliphatic carbocycles. The van der Waals surface area contributed by atoms with Crippen molar-refractivity contribution in [3.63, 3.8) is 0 Å². The Morgan fingerprint density at radius 2 is 1.77 bits per heavy atom. The molecule has 22 heavy (non-hydrogen) atoms. The van der Waals surface area contributed by atoms with Gasteiger partial charge in [0.05, 0.1) is 0 Å². The number of nitrogens with one attached hydrogen (secondary N) is 1. The number of rotatable bonds is 4. The lowest BCUT2D eigenvalue weighted by molar-refractivity contribution is -0.121. The van der Waals surface area contributed by atoms with Crippen LogP contribution >= 0.6 is 0 Å². The smallest absolute Gasteiger partial charge is 0.253 e. The third-order valence-corrected chi connectivity index (χ3v) is 3.52. The lowest BCUT2D eigenvalue weighted by Gasteiger charge is -2.08. The van der Waals surface area contributed by atoms with Crippen LogP contribution in [0.25, 0.3) is 6.08 Å². The molecule has 0 saturated heterocycles. The Morgan fingerprint density at radius 1 is 1.09 bits per heavy atom. The molecule has 2 aromatic carbocycles. The Kier molecular flexibility index (Phi) is 4.28. The molecule has 3 nitrogen and oxygen atoms in total. The Bertz CT molecular complexity index is 742. The van der Waals surface area contributed by atoms with Crippen molar-refractivity contribution >= 4 is 18.2 Å². The minimum absolute atomic E-state index is 0.0973. The number of nitrogens with zero attached hydrogens (tertiary/aromatic N) is 1. The first-order valence-corrected chi connectivity index (χ1v) is 7.20. The van der Waals surface area contributed by atoms with Gasteiger partial charge in [-0.25, -0.2) is 5.43 Å². The Hall–Kier alpha value is -2.90. The lowest BCUT2D eigenvalue weighted by atomic mass is 9.94. The van der Waals surface area contributed by atoms with Gasteiger partial charge in [-0.15, -0.1) is 5.73 Å². The average Bonchev–Trinajstić information content (AvgIpc) is 2.99. The van der Waals surface area contributed by atoms with E-state index in [9.17, 15) is 4.79 Å². The fourth-order valence-electron chi connectivity index (χ4n) is 2.35. The van der Waals surface area contributed by atoms with E-state index in [1.807, 2.05) is 66.7 Å². The van der Waals surface area contributed by atoms with Crippen LogP contribution in [0.2, 0.25) is 0 Å². The van der Waals surface area contributed by atoms with Crippen molar-refractivity contribution in [3.8, 4) is 0 Å². The quantitative estimate of drug-likeness (QED) is 0.862. The molecule has 2 aromatic rings. The first kappa shape index (κ1) is 14.1. The summed E-state index contributed by atoms with van der Waals surface area (Å²) in [6.07, 6.45) is 4.23. The van der Waals surface area contributed by atoms with Crippen LogP contribution in [0.4, 0.5) is 0 Å². The highest BCUT2D eigenvalue weighted by Crippen LogP contribution is 2.18. The SMILES string of the molecule is O=C1NN=CC1C(=C=Cc1ccccc1)Cc1ccccc1. The predicted molar refractivity (Wildman–Crippen MR) is 88.2 cm³/mol. The zero-order chi connectivity index (χ0) is 15.2. The summed E-state index contributed by atoms with van der Waals surface area (Å²) in [6.45, 7) is 0. The van der Waals surface area contributed by atoms with Crippen LogP contribution in [0.15, 0.2) is 77.1 Å². The van der Waals surface area contributed by atoms with E-state index in [-0.39, 0.29) is 11.8 Å². The van der Waals surface area contributed by atoms with Gasteiger partial charge in [-0.3, -0.25) is 4.79 Å². The standard InChI is InChI=1S/C19H16N2O/c22-19-18(14-20-21-19)17(13-16-9-5-2-6-10-16)12-11-15-7-3-1-4-8-15/h1-11,14,18H,13H2,(H,21,22). The van der Waals surface area contributed by atoms with Crippen molar-refractivity contribution < 1.29 is 4.79 Å². The molecule has 108 valence electrons. The van der Waals surface area contributed by atoms with Gasteiger partial charge in [-0.05, 0) is 22.8 Å². The molecule has 1 atom stereocenters. The minimum Gasteiger partial charge on any atom is -0.272 e. The third kappa shape index (κ3) is 3.40. The highest BCUT2D eigenvalue weighted by Gasteiger charge is 2.24. The van der Waals surface area contributed by atoms with E-state index in [1.54, 1.807) is 6.21 Å². The van der Waals surface area contributed by atoms with Gasteiger partial charge < -0.3 is 0 Å². The fraction of sp³-hybridized carbons (Fsp3) is 0.105. The van der Waals surface area contributed by atoms with Crippen LogP contribution in [0.3, 0.4) is 0 Å². The predicted octanol–water partition coefficient (Wildman–Crippen LogP) is 3.20. The molecule has 0 saturated carbocycles. The van der Waals surface area contributed by atoms with E-state index < -0.39 is 0 Å². The Labute approximate surface area is 129 Å². The Morgan fingerprint density at radius 3 is 2.41 bits per heavy atom. The van der Waals surface area contributed by atoms with E-state index >= 15 is 0 Å². The fourth-order valence-corrected chi connectivity index (χ4v) is 2.35. The molecule has 0 spiro atoms. The number of amides is 1. The summed E-state index contributed by atoms with van der Waals surface area (Å²) in [4.78, 5) is 11.9. The summed E-state index contributed by atoms with van der Waals surface area (Å²) < 4.78 is 0. The second kappa shape index (κ2) is 6.70. The number of hydrogen-bond acceptors (Lipinski definition) is 2. The maximum atomic E-state index is 11.9. The van der Waals surface area contributed by atoms with Crippen LogP contribution in [0.1, 0.15) is 11.1 Å². The summed E-state index contributed by atoms with van der Waals surface area (Å²) in [6, 6.07) is 20.0. The molecule has 1 aliphatic heterocycles. The molecule has 1 aliphatic rings. The van der Waals surface area contributed by atoms with E-state index in [2.05, 4.69) is 16.3 Å². The highest BCUT2D eigenvalue weighted by atomic mass is 16.2. The number of hydrazone groups is 1. The van der Waals surface area contributed by atoms with Crippen LogP contribution in [0, 0.1) is 5.92 Å². The summed E-state index contributed by atoms with van der Waals surface area (Å²) in [5.41, 5.74) is 8.91. The number of hydrogen-bond donors (Lipinski definition) is 1. The molecule has 1 N–H and O–H groups in total. The molecule has 0 bridgehead atoms. The second-order valence-corrected chi connectivity index (χ2v) is 5.12. The molecule has 1 amide bonds. The number of benzene rings is 2. The van der Waals surface area contributed by atoms with Gasteiger partial charge in [-0.1, -0.05) is 60.7 Å². The number of carbonyl (C=O) groups is 1. The zero-order valence-corrected chi connectivity index (χ0v) is 12.1. The molecule has 1 unspecified atom stereocenters. The molecular formula is C19H16N2O. The largest absolute Gasteiger partial charge is 0.272 e. The second-order valence-electron chi connectivity index (χ2n) is 5.12. The maximum absolute atomic E-state index is 11.9. The summed E-state index contributed by atoms with van der Waals surface area (Å²) in [7, 11) is 0. The summed E-state index contributed by atoms with van der Waals surface area (Å²) >= 11 is 0. The van der Waals surface area contributed by atoms with Gasteiger partial charge in [0.15, 0.2) is 0 Å². The minimum atomic E-state index is -0.347. The van der Waals surface area contributed by atoms with Crippen LogP contribution in [-0.2, 0) is 11.2 Å². The normalized spacial score (nSPS) is 16.0. The summed E-state index contributed by atoms with van der Waals surface area (Å²) in [5.74, 6) is -0.444. The lowest BCUT2D eigenvalue weighted by Crippen LogP contribution is -2.22. The van der Waals surface area contributed by atoms with Crippen LogP contribution < -0.4 is 5.43 Å². The number of carbonyl (C=O) groups excluding carboxylic acids is 1. The molecule has 3 heteroatoms. The van der Waals surface area contributed by atoms with Crippen LogP contribution in [0.5, 0.6) is 0 Å². The molecule has 0 fully saturated rings.